The Morgan fingerprint density at radius 1 is 0.854 bits per heavy atom. The van der Waals surface area contributed by atoms with Gasteiger partial charge < -0.3 is 25.0 Å². The van der Waals surface area contributed by atoms with Crippen LogP contribution < -0.4 is 10.5 Å². The molecule has 0 saturated carbocycles. The fraction of sp³-hybridized carbons (Fsp3) is 0.250. The number of hydrogen-bond acceptors (Lipinski definition) is 5. The lowest BCUT2D eigenvalue weighted by molar-refractivity contribution is -0.118. The summed E-state index contributed by atoms with van der Waals surface area (Å²) in [5.41, 5.74) is 12.2. The van der Waals surface area contributed by atoms with Crippen molar-refractivity contribution >= 4 is 11.8 Å². The second kappa shape index (κ2) is 14.6. The van der Waals surface area contributed by atoms with E-state index in [1.54, 1.807) is 6.07 Å². The second-order valence-corrected chi connectivity index (χ2v) is 12.4. The van der Waals surface area contributed by atoms with Gasteiger partial charge in [-0.2, -0.15) is 0 Å². The van der Waals surface area contributed by atoms with Crippen molar-refractivity contribution in [2.75, 3.05) is 26.7 Å². The number of nitrogens with two attached hydrogens (primary N) is 1. The van der Waals surface area contributed by atoms with Gasteiger partial charge in [0.05, 0.1) is 24.1 Å². The first kappa shape index (κ1) is 32.6. The van der Waals surface area contributed by atoms with E-state index in [4.69, 9.17) is 10.5 Å². The predicted octanol–water partition coefficient (Wildman–Crippen LogP) is 6.15. The maximum atomic E-state index is 14.9. The zero-order valence-corrected chi connectivity index (χ0v) is 27.5. The molecule has 0 spiro atoms. The topological polar surface area (TPSA) is 101 Å². The fourth-order valence-corrected chi connectivity index (χ4v) is 6.82. The van der Waals surface area contributed by atoms with Gasteiger partial charge in [-0.15, -0.1) is 0 Å². The number of piperazine rings is 1. The zero-order valence-electron chi connectivity index (χ0n) is 27.5. The number of aromatic nitrogens is 1. The first-order chi connectivity index (χ1) is 23.3. The summed E-state index contributed by atoms with van der Waals surface area (Å²) in [7, 11) is 1.51. The maximum Gasteiger partial charge on any atom is 0.256 e. The van der Waals surface area contributed by atoms with Crippen molar-refractivity contribution in [3.05, 3.63) is 137 Å². The lowest BCUT2D eigenvalue weighted by Crippen LogP contribution is -2.55. The molecule has 0 radical (unpaired) electrons. The van der Waals surface area contributed by atoms with E-state index in [9.17, 15) is 14.7 Å². The molecule has 246 valence electrons. The third kappa shape index (κ3) is 7.14. The van der Waals surface area contributed by atoms with E-state index in [-0.39, 0.29) is 29.9 Å². The Morgan fingerprint density at radius 2 is 1.50 bits per heavy atom. The van der Waals surface area contributed by atoms with Gasteiger partial charge in [0.1, 0.15) is 0 Å². The number of primary amides is 1. The summed E-state index contributed by atoms with van der Waals surface area (Å²) in [6.45, 7) is 4.88. The first-order valence-electron chi connectivity index (χ1n) is 16.4. The molecule has 0 aliphatic carbocycles. The number of nitrogens with zero attached hydrogens (tertiary/aromatic N) is 3. The highest BCUT2D eigenvalue weighted by Gasteiger charge is 2.34. The van der Waals surface area contributed by atoms with Gasteiger partial charge in [0, 0.05) is 44.3 Å². The lowest BCUT2D eigenvalue weighted by Gasteiger charge is -2.42. The van der Waals surface area contributed by atoms with Crippen molar-refractivity contribution in [3.63, 3.8) is 0 Å². The Hall–Kier alpha value is -5.34. The number of amides is 2. The molecule has 1 aromatic heterocycles. The van der Waals surface area contributed by atoms with E-state index in [0.717, 1.165) is 42.9 Å². The number of carbonyl (C=O) groups is 2. The highest BCUT2D eigenvalue weighted by molar-refractivity contribution is 6.01. The van der Waals surface area contributed by atoms with Gasteiger partial charge in [0.15, 0.2) is 11.5 Å². The Morgan fingerprint density at radius 3 is 2.15 bits per heavy atom. The third-order valence-electron chi connectivity index (χ3n) is 9.07. The van der Waals surface area contributed by atoms with Gasteiger partial charge in [0.25, 0.3) is 5.91 Å². The molecule has 0 unspecified atom stereocenters. The molecule has 1 fully saturated rings. The van der Waals surface area contributed by atoms with Crippen molar-refractivity contribution in [1.82, 2.24) is 14.4 Å². The highest BCUT2D eigenvalue weighted by Crippen LogP contribution is 2.40. The number of benzene rings is 4. The van der Waals surface area contributed by atoms with E-state index in [0.29, 0.717) is 29.9 Å². The quantitative estimate of drug-likeness (QED) is 0.180. The maximum absolute atomic E-state index is 14.9. The number of phenols is 1. The van der Waals surface area contributed by atoms with Crippen LogP contribution in [0.2, 0.25) is 0 Å². The number of aryl methyl sites for hydroxylation is 2. The van der Waals surface area contributed by atoms with Crippen LogP contribution in [0.1, 0.15) is 39.2 Å². The Labute approximate surface area is 282 Å². The molecule has 1 aliphatic rings. The Bertz CT molecular complexity index is 1870. The van der Waals surface area contributed by atoms with Gasteiger partial charge in [-0.05, 0) is 60.2 Å². The summed E-state index contributed by atoms with van der Waals surface area (Å²) in [4.78, 5) is 31.0. The molecule has 1 atom stereocenters. The molecule has 8 heteroatoms. The molecule has 1 aliphatic heterocycles. The molecule has 2 heterocycles. The minimum absolute atomic E-state index is 0.0379. The molecule has 8 nitrogen and oxygen atoms in total. The molecular formula is C40H42N4O4. The zero-order chi connectivity index (χ0) is 33.6. The van der Waals surface area contributed by atoms with Crippen LogP contribution in [0.4, 0.5) is 0 Å². The van der Waals surface area contributed by atoms with Crippen molar-refractivity contribution in [3.8, 4) is 28.4 Å². The highest BCUT2D eigenvalue weighted by atomic mass is 16.5. The fourth-order valence-electron chi connectivity index (χ4n) is 6.82. The van der Waals surface area contributed by atoms with Crippen LogP contribution in [-0.4, -0.2) is 64.1 Å². The minimum Gasteiger partial charge on any atom is -0.504 e. The largest absolute Gasteiger partial charge is 0.504 e. The Balaban J connectivity index is 1.42. The van der Waals surface area contributed by atoms with Crippen LogP contribution in [0.25, 0.3) is 16.9 Å². The van der Waals surface area contributed by atoms with Crippen molar-refractivity contribution in [2.24, 2.45) is 5.73 Å². The van der Waals surface area contributed by atoms with Gasteiger partial charge in [0.2, 0.25) is 5.91 Å². The summed E-state index contributed by atoms with van der Waals surface area (Å²) >= 11 is 0. The van der Waals surface area contributed by atoms with Crippen LogP contribution in [-0.2, 0) is 24.2 Å². The summed E-state index contributed by atoms with van der Waals surface area (Å²) in [5.74, 6) is -0.226. The van der Waals surface area contributed by atoms with Gasteiger partial charge in [-0.25, -0.2) is 0 Å². The average molecular weight is 643 g/mol. The smallest absolute Gasteiger partial charge is 0.256 e. The number of hydrogen-bond donors (Lipinski definition) is 2. The summed E-state index contributed by atoms with van der Waals surface area (Å²) in [6, 6.07) is 36.0. The SMILES string of the molecule is COc1c(O)cc(CCC(N)=O)cc1-n1c(C)cc(C(=O)N2CCN(Cc3ccccc3)C[C@H]2Cc2ccccc2)c1-c1ccccc1. The summed E-state index contributed by atoms with van der Waals surface area (Å²) in [5, 5.41) is 11.0. The van der Waals surface area contributed by atoms with E-state index in [2.05, 4.69) is 41.3 Å². The molecule has 48 heavy (non-hydrogen) atoms. The number of aromatic hydroxyl groups is 1. The first-order valence-corrected chi connectivity index (χ1v) is 16.4. The lowest BCUT2D eigenvalue weighted by atomic mass is 9.99. The molecule has 3 N–H and O–H groups in total. The molecule has 6 rings (SSSR count). The van der Waals surface area contributed by atoms with E-state index in [1.807, 2.05) is 83.1 Å². The van der Waals surface area contributed by atoms with Crippen molar-refractivity contribution in [1.29, 1.82) is 0 Å². The molecule has 1 saturated heterocycles. The van der Waals surface area contributed by atoms with Crippen molar-refractivity contribution < 1.29 is 19.4 Å². The van der Waals surface area contributed by atoms with E-state index in [1.165, 1.54) is 18.2 Å². The number of phenolic OH excluding ortho intramolecular Hbond substituents is 1. The van der Waals surface area contributed by atoms with Crippen molar-refractivity contribution in [2.45, 2.75) is 38.8 Å². The normalized spacial score (nSPS) is 15.0. The number of methoxy groups -OCH3 is 1. The molecular weight excluding hydrogens is 600 g/mol. The number of ether oxygens (including phenoxy) is 1. The monoisotopic (exact) mass is 642 g/mol. The molecule has 4 aromatic carbocycles. The van der Waals surface area contributed by atoms with Crippen LogP contribution in [0, 0.1) is 6.92 Å². The van der Waals surface area contributed by atoms with E-state index < -0.39 is 5.91 Å². The predicted molar refractivity (Wildman–Crippen MR) is 188 cm³/mol. The molecule has 0 bridgehead atoms. The summed E-state index contributed by atoms with van der Waals surface area (Å²) in [6.07, 6.45) is 1.24. The third-order valence-corrected chi connectivity index (χ3v) is 9.07. The van der Waals surface area contributed by atoms with Crippen LogP contribution in [0.15, 0.2) is 109 Å². The van der Waals surface area contributed by atoms with Gasteiger partial charge in [-0.3, -0.25) is 14.5 Å². The minimum atomic E-state index is -0.421. The molecule has 5 aromatic rings. The Kier molecular flexibility index (Phi) is 9.92. The average Bonchev–Trinajstić information content (AvgIpc) is 3.45. The van der Waals surface area contributed by atoms with Gasteiger partial charge >= 0.3 is 0 Å². The van der Waals surface area contributed by atoms with Crippen LogP contribution >= 0.6 is 0 Å². The standard InChI is InChI=1S/C40H42N4O4/c1-28-22-34(38(32-16-10-5-11-17-32)44(28)35-24-31(18-19-37(41)46)25-36(45)39(35)48-2)40(47)43-21-20-42(26-30-14-8-4-9-15-30)27-33(43)23-29-12-6-3-7-13-29/h3-17,22,24-25,33,45H,18-21,23,26-27H2,1-2H3,(H2,41,46)/t33-/m1/s1. The van der Waals surface area contributed by atoms with E-state index >= 15 is 0 Å². The van der Waals surface area contributed by atoms with Crippen LogP contribution in [0.3, 0.4) is 0 Å². The summed E-state index contributed by atoms with van der Waals surface area (Å²) < 4.78 is 7.70. The van der Waals surface area contributed by atoms with Crippen LogP contribution in [0.5, 0.6) is 11.5 Å². The second-order valence-electron chi connectivity index (χ2n) is 12.4. The van der Waals surface area contributed by atoms with Gasteiger partial charge in [-0.1, -0.05) is 91.0 Å². The molecule has 2 amide bonds. The number of rotatable bonds is 11. The number of carbonyl (C=O) groups excluding carboxylic acids is 2.